The first kappa shape index (κ1) is 17.5. The lowest BCUT2D eigenvalue weighted by atomic mass is 10.1. The van der Waals surface area contributed by atoms with Crippen LogP contribution in [0.3, 0.4) is 0 Å². The third-order valence-electron chi connectivity index (χ3n) is 4.46. The van der Waals surface area contributed by atoms with Crippen LogP contribution in [0.15, 0.2) is 60.0 Å². The number of carbonyl (C=O) groups is 1. The van der Waals surface area contributed by atoms with Gasteiger partial charge in [0.25, 0.3) is 5.91 Å². The van der Waals surface area contributed by atoms with Gasteiger partial charge < -0.3 is 9.88 Å². The molecular formula is C22H19FN2OS. The molecule has 2 aromatic carbocycles. The molecule has 2 aromatic heterocycles. The van der Waals surface area contributed by atoms with Crippen molar-refractivity contribution in [3.63, 3.8) is 0 Å². The standard InChI is InChI=1S/C22H19FN2OS/c1-14-8-15(2)10-18(9-14)24-22(26)20-12-21-19(6-7-27-21)25(20)13-16-4-3-5-17(23)11-16/h3-12H,13H2,1-2H3,(H,24,26). The maximum Gasteiger partial charge on any atom is 0.272 e. The van der Waals surface area contributed by atoms with Crippen molar-refractivity contribution in [2.75, 3.05) is 5.32 Å². The van der Waals surface area contributed by atoms with Gasteiger partial charge in [-0.1, -0.05) is 18.2 Å². The molecule has 0 atom stereocenters. The number of hydrogen-bond donors (Lipinski definition) is 1. The van der Waals surface area contributed by atoms with Crippen LogP contribution in [-0.4, -0.2) is 10.5 Å². The maximum absolute atomic E-state index is 13.6. The van der Waals surface area contributed by atoms with E-state index in [4.69, 9.17) is 0 Å². The molecule has 136 valence electrons. The molecule has 27 heavy (non-hydrogen) atoms. The summed E-state index contributed by atoms with van der Waals surface area (Å²) in [5.41, 5.74) is 5.34. The van der Waals surface area contributed by atoms with Crippen LogP contribution in [0.2, 0.25) is 0 Å². The van der Waals surface area contributed by atoms with E-state index in [9.17, 15) is 9.18 Å². The topological polar surface area (TPSA) is 34.0 Å². The molecule has 0 unspecified atom stereocenters. The lowest BCUT2D eigenvalue weighted by Gasteiger charge is -2.12. The molecule has 0 spiro atoms. The Morgan fingerprint density at radius 1 is 1.07 bits per heavy atom. The van der Waals surface area contributed by atoms with Gasteiger partial charge in [-0.15, -0.1) is 11.3 Å². The van der Waals surface area contributed by atoms with Crippen LogP contribution in [-0.2, 0) is 6.54 Å². The monoisotopic (exact) mass is 378 g/mol. The summed E-state index contributed by atoms with van der Waals surface area (Å²) in [6.45, 7) is 4.45. The van der Waals surface area contributed by atoms with E-state index in [1.165, 1.54) is 12.1 Å². The molecule has 1 N–H and O–H groups in total. The van der Waals surface area contributed by atoms with Gasteiger partial charge in [-0.2, -0.15) is 0 Å². The summed E-state index contributed by atoms with van der Waals surface area (Å²) in [5, 5.41) is 5.00. The molecular weight excluding hydrogens is 359 g/mol. The minimum absolute atomic E-state index is 0.167. The Hall–Kier alpha value is -2.92. The summed E-state index contributed by atoms with van der Waals surface area (Å²) in [7, 11) is 0. The molecule has 0 aliphatic heterocycles. The molecule has 4 rings (SSSR count). The zero-order valence-corrected chi connectivity index (χ0v) is 15.9. The first-order valence-electron chi connectivity index (χ1n) is 8.70. The predicted molar refractivity (Wildman–Crippen MR) is 109 cm³/mol. The Labute approximate surface area is 161 Å². The lowest BCUT2D eigenvalue weighted by molar-refractivity contribution is 0.101. The summed E-state index contributed by atoms with van der Waals surface area (Å²) < 4.78 is 16.6. The number of aromatic nitrogens is 1. The van der Waals surface area contributed by atoms with Crippen molar-refractivity contribution >= 4 is 33.1 Å². The van der Waals surface area contributed by atoms with E-state index in [-0.39, 0.29) is 11.7 Å². The van der Waals surface area contributed by atoms with Gasteiger partial charge in [0.2, 0.25) is 0 Å². The SMILES string of the molecule is Cc1cc(C)cc(NC(=O)c2cc3sccc3n2Cc2cccc(F)c2)c1. The number of thiophene rings is 1. The molecule has 0 bridgehead atoms. The van der Waals surface area contributed by atoms with Crippen molar-refractivity contribution < 1.29 is 9.18 Å². The number of amides is 1. The number of aryl methyl sites for hydroxylation is 2. The van der Waals surface area contributed by atoms with E-state index >= 15 is 0 Å². The van der Waals surface area contributed by atoms with E-state index in [0.29, 0.717) is 12.2 Å². The van der Waals surface area contributed by atoms with Gasteiger partial charge in [0.05, 0.1) is 10.2 Å². The van der Waals surface area contributed by atoms with Crippen LogP contribution < -0.4 is 5.32 Å². The van der Waals surface area contributed by atoms with Gasteiger partial charge in [-0.25, -0.2) is 4.39 Å². The number of halogens is 1. The maximum atomic E-state index is 13.6. The zero-order chi connectivity index (χ0) is 19.0. The number of benzene rings is 2. The fourth-order valence-corrected chi connectivity index (χ4v) is 4.22. The third-order valence-corrected chi connectivity index (χ3v) is 5.32. The van der Waals surface area contributed by atoms with Gasteiger partial charge in [0, 0.05) is 12.2 Å². The van der Waals surface area contributed by atoms with E-state index in [1.807, 2.05) is 54.1 Å². The lowest BCUT2D eigenvalue weighted by Crippen LogP contribution is -2.17. The average molecular weight is 378 g/mol. The van der Waals surface area contributed by atoms with Gasteiger partial charge in [-0.3, -0.25) is 4.79 Å². The highest BCUT2D eigenvalue weighted by atomic mass is 32.1. The second-order valence-electron chi connectivity index (χ2n) is 6.75. The van der Waals surface area contributed by atoms with E-state index in [0.717, 1.165) is 32.6 Å². The molecule has 3 nitrogen and oxygen atoms in total. The summed E-state index contributed by atoms with van der Waals surface area (Å²) in [4.78, 5) is 13.0. The van der Waals surface area contributed by atoms with Crippen molar-refractivity contribution in [3.8, 4) is 0 Å². The largest absolute Gasteiger partial charge is 0.331 e. The molecule has 0 saturated carbocycles. The second-order valence-corrected chi connectivity index (χ2v) is 7.69. The first-order chi connectivity index (χ1) is 13.0. The summed E-state index contributed by atoms with van der Waals surface area (Å²) in [6, 6.07) is 16.3. The van der Waals surface area contributed by atoms with Gasteiger partial charge in [-0.05, 0) is 72.3 Å². The molecule has 2 heterocycles. The van der Waals surface area contributed by atoms with Crippen LogP contribution in [0.25, 0.3) is 10.2 Å². The molecule has 0 saturated heterocycles. The van der Waals surface area contributed by atoms with Crippen molar-refractivity contribution in [3.05, 3.63) is 88.2 Å². The minimum atomic E-state index is -0.276. The molecule has 0 fully saturated rings. The third kappa shape index (κ3) is 3.64. The molecule has 4 aromatic rings. The van der Waals surface area contributed by atoms with Crippen LogP contribution in [0, 0.1) is 19.7 Å². The Morgan fingerprint density at radius 3 is 2.59 bits per heavy atom. The van der Waals surface area contributed by atoms with Crippen LogP contribution >= 0.6 is 11.3 Å². The van der Waals surface area contributed by atoms with Crippen molar-refractivity contribution in [2.45, 2.75) is 20.4 Å². The quantitative estimate of drug-likeness (QED) is 0.481. The number of fused-ring (bicyclic) bond motifs is 1. The van der Waals surface area contributed by atoms with Crippen LogP contribution in [0.1, 0.15) is 27.2 Å². The highest BCUT2D eigenvalue weighted by Crippen LogP contribution is 2.27. The van der Waals surface area contributed by atoms with Crippen LogP contribution in [0.5, 0.6) is 0 Å². The molecule has 5 heteroatoms. The highest BCUT2D eigenvalue weighted by molar-refractivity contribution is 7.17. The Bertz CT molecular complexity index is 1120. The highest BCUT2D eigenvalue weighted by Gasteiger charge is 2.17. The normalized spacial score (nSPS) is 11.1. The number of nitrogens with one attached hydrogen (secondary N) is 1. The Balaban J connectivity index is 1.70. The number of rotatable bonds is 4. The van der Waals surface area contributed by atoms with E-state index in [2.05, 4.69) is 11.4 Å². The fourth-order valence-electron chi connectivity index (χ4n) is 3.40. The van der Waals surface area contributed by atoms with Gasteiger partial charge in [0.1, 0.15) is 11.5 Å². The number of carbonyl (C=O) groups excluding carboxylic acids is 1. The van der Waals surface area contributed by atoms with E-state index < -0.39 is 0 Å². The molecule has 0 radical (unpaired) electrons. The molecule has 0 aliphatic rings. The predicted octanol–water partition coefficient (Wildman–Crippen LogP) is 5.76. The van der Waals surface area contributed by atoms with Crippen molar-refractivity contribution in [1.82, 2.24) is 4.57 Å². The van der Waals surface area contributed by atoms with Crippen molar-refractivity contribution in [2.24, 2.45) is 0 Å². The van der Waals surface area contributed by atoms with Gasteiger partial charge in [0.15, 0.2) is 0 Å². The number of nitrogens with zero attached hydrogens (tertiary/aromatic N) is 1. The average Bonchev–Trinajstić information content (AvgIpc) is 3.16. The summed E-state index contributed by atoms with van der Waals surface area (Å²) in [6.07, 6.45) is 0. The zero-order valence-electron chi connectivity index (χ0n) is 15.1. The minimum Gasteiger partial charge on any atom is -0.331 e. The first-order valence-corrected chi connectivity index (χ1v) is 9.58. The van der Waals surface area contributed by atoms with Crippen molar-refractivity contribution in [1.29, 1.82) is 0 Å². The van der Waals surface area contributed by atoms with Crippen LogP contribution in [0.4, 0.5) is 10.1 Å². The van der Waals surface area contributed by atoms with Gasteiger partial charge >= 0.3 is 0 Å². The smallest absolute Gasteiger partial charge is 0.272 e. The second kappa shape index (κ2) is 7.00. The Morgan fingerprint density at radius 2 is 1.85 bits per heavy atom. The fraction of sp³-hybridized carbons (Fsp3) is 0.136. The summed E-state index contributed by atoms with van der Waals surface area (Å²) >= 11 is 1.59. The molecule has 1 amide bonds. The number of hydrogen-bond acceptors (Lipinski definition) is 2. The summed E-state index contributed by atoms with van der Waals surface area (Å²) in [5.74, 6) is -0.442. The van der Waals surface area contributed by atoms with E-state index in [1.54, 1.807) is 17.4 Å². The Kier molecular flexibility index (Phi) is 4.54. The molecule has 0 aliphatic carbocycles. The number of anilines is 1.